The zero-order chi connectivity index (χ0) is 22.7. The second kappa shape index (κ2) is 21.1. The summed E-state index contributed by atoms with van der Waals surface area (Å²) in [5.41, 5.74) is 0.899. The maximum Gasteiger partial charge on any atom is 1.00 e. The average Bonchev–Trinajstić information content (AvgIpc) is 3.10. The number of rotatable bonds is 19. The number of hydrogen-bond acceptors (Lipinski definition) is 6. The zero-order valence-corrected chi connectivity index (χ0v) is 23.2. The average molecular weight is 475 g/mol. The molecule has 0 radical (unpaired) electrons. The van der Waals surface area contributed by atoms with Gasteiger partial charge in [-0.1, -0.05) is 57.1 Å². The molecule has 0 unspecified atom stereocenters. The summed E-state index contributed by atoms with van der Waals surface area (Å²) < 4.78 is 9.93. The number of esters is 2. The predicted octanol–water partition coefficient (Wildman–Crippen LogP) is 1.56. The van der Waals surface area contributed by atoms with Crippen LogP contribution in [0.15, 0.2) is 23.3 Å². The van der Waals surface area contributed by atoms with E-state index in [0.717, 1.165) is 63.4 Å². The third-order valence-corrected chi connectivity index (χ3v) is 5.43. The van der Waals surface area contributed by atoms with Crippen LogP contribution in [-0.4, -0.2) is 31.1 Å². The van der Waals surface area contributed by atoms with Gasteiger partial charge in [-0.3, -0.25) is 0 Å². The van der Waals surface area contributed by atoms with Crippen LogP contribution >= 0.6 is 0 Å². The standard InChI is InChI=1S/C25H40O6.K/c1-2-30-24(28)23-21(20-31-25(23)29)18-16-14-12-10-8-6-4-3-5-7-9-11-13-15-17-19-22(26)27;/h3,5H,2,4,6-20H2,1H3,(H,26,27);/q;+1/p-1/b5-3-;. The summed E-state index contributed by atoms with van der Waals surface area (Å²) in [4.78, 5) is 33.8. The van der Waals surface area contributed by atoms with E-state index >= 15 is 0 Å². The molecule has 0 fully saturated rings. The van der Waals surface area contributed by atoms with E-state index in [4.69, 9.17) is 9.47 Å². The topological polar surface area (TPSA) is 92.7 Å². The Morgan fingerprint density at radius 3 is 2.00 bits per heavy atom. The molecule has 0 atom stereocenters. The maximum absolute atomic E-state index is 11.9. The minimum absolute atomic E-state index is 0. The van der Waals surface area contributed by atoms with E-state index in [1.54, 1.807) is 6.92 Å². The van der Waals surface area contributed by atoms with E-state index in [2.05, 4.69) is 12.2 Å². The molecule has 7 heteroatoms. The number of allylic oxidation sites excluding steroid dienone is 2. The first kappa shape index (κ1) is 31.5. The molecule has 6 nitrogen and oxygen atoms in total. The fourth-order valence-corrected chi connectivity index (χ4v) is 3.67. The Hall–Kier alpha value is -0.474. The van der Waals surface area contributed by atoms with Crippen molar-refractivity contribution < 1.29 is 80.3 Å². The number of unbranched alkanes of at least 4 members (excludes halogenated alkanes) is 11. The van der Waals surface area contributed by atoms with Crippen LogP contribution in [-0.2, 0) is 23.9 Å². The van der Waals surface area contributed by atoms with Gasteiger partial charge in [0, 0.05) is 5.97 Å². The molecule has 0 spiro atoms. The first-order valence-corrected chi connectivity index (χ1v) is 12.0. The number of carbonyl (C=O) groups excluding carboxylic acids is 3. The van der Waals surface area contributed by atoms with Crippen LogP contribution in [0.2, 0.25) is 0 Å². The molecule has 176 valence electrons. The molecular formula is C25H39KO6. The van der Waals surface area contributed by atoms with Crippen LogP contribution in [0.25, 0.3) is 0 Å². The number of carboxylic acid groups (broad SMARTS) is 1. The summed E-state index contributed by atoms with van der Waals surface area (Å²) in [5, 5.41) is 10.3. The summed E-state index contributed by atoms with van der Waals surface area (Å²) >= 11 is 0. The van der Waals surface area contributed by atoms with Crippen LogP contribution in [0.4, 0.5) is 0 Å². The normalized spacial score (nSPS) is 13.3. The molecule has 0 aliphatic carbocycles. The van der Waals surface area contributed by atoms with Crippen molar-refractivity contribution in [3.63, 3.8) is 0 Å². The predicted molar refractivity (Wildman–Crippen MR) is 118 cm³/mol. The van der Waals surface area contributed by atoms with Crippen molar-refractivity contribution in [2.75, 3.05) is 13.2 Å². The molecule has 0 saturated heterocycles. The van der Waals surface area contributed by atoms with Gasteiger partial charge in [0.25, 0.3) is 0 Å². The van der Waals surface area contributed by atoms with Gasteiger partial charge >= 0.3 is 63.3 Å². The molecule has 0 N–H and O–H groups in total. The van der Waals surface area contributed by atoms with Crippen molar-refractivity contribution in [3.05, 3.63) is 23.3 Å². The second-order valence-corrected chi connectivity index (χ2v) is 8.09. The first-order valence-electron chi connectivity index (χ1n) is 12.0. The molecule has 0 aromatic carbocycles. The monoisotopic (exact) mass is 474 g/mol. The number of carboxylic acids is 1. The first-order chi connectivity index (χ1) is 15.1. The van der Waals surface area contributed by atoms with Gasteiger partial charge in [-0.05, 0) is 63.9 Å². The molecule has 0 saturated carbocycles. The quantitative estimate of drug-likeness (QED) is 0.0928. The summed E-state index contributed by atoms with van der Waals surface area (Å²) in [5.74, 6) is -2.04. The van der Waals surface area contributed by atoms with E-state index in [1.165, 1.54) is 32.1 Å². The molecule has 1 aliphatic rings. The van der Waals surface area contributed by atoms with E-state index < -0.39 is 17.9 Å². The molecule has 0 aromatic rings. The Balaban J connectivity index is 0.00000961. The third-order valence-electron chi connectivity index (χ3n) is 5.43. The van der Waals surface area contributed by atoms with E-state index in [0.29, 0.717) is 0 Å². The Labute approximate surface area is 236 Å². The van der Waals surface area contributed by atoms with Crippen molar-refractivity contribution in [2.45, 2.75) is 103 Å². The third kappa shape index (κ3) is 15.4. The smallest absolute Gasteiger partial charge is 0.550 e. The molecule has 1 rings (SSSR count). The number of aliphatic carboxylic acids is 1. The van der Waals surface area contributed by atoms with Gasteiger partial charge in [0.15, 0.2) is 0 Å². The van der Waals surface area contributed by atoms with Gasteiger partial charge in [-0.25, -0.2) is 9.59 Å². The van der Waals surface area contributed by atoms with Gasteiger partial charge < -0.3 is 19.4 Å². The number of cyclic esters (lactones) is 1. The maximum atomic E-state index is 11.9. The van der Waals surface area contributed by atoms with Crippen LogP contribution in [0.5, 0.6) is 0 Å². The van der Waals surface area contributed by atoms with Crippen LogP contribution in [0, 0.1) is 0 Å². The summed E-state index contributed by atoms with van der Waals surface area (Å²) in [7, 11) is 0. The van der Waals surface area contributed by atoms with Gasteiger partial charge in [-0.2, -0.15) is 0 Å². The van der Waals surface area contributed by atoms with E-state index in [-0.39, 0.29) is 76.6 Å². The molecule has 0 amide bonds. The fourth-order valence-electron chi connectivity index (χ4n) is 3.67. The molecule has 0 aromatic heterocycles. The Bertz CT molecular complexity index is 612. The summed E-state index contributed by atoms with van der Waals surface area (Å²) in [6.45, 7) is 2.20. The number of hydrogen-bond donors (Lipinski definition) is 0. The Morgan fingerprint density at radius 2 is 1.44 bits per heavy atom. The number of carbonyl (C=O) groups is 3. The SMILES string of the molecule is CCOC(=O)C1=C(CCCCCCCC/C=C\CCCCCCCC(=O)[O-])COC1=O.[K+]. The second-order valence-electron chi connectivity index (χ2n) is 8.09. The molecule has 32 heavy (non-hydrogen) atoms. The molecule has 1 heterocycles. The summed E-state index contributed by atoms with van der Waals surface area (Å²) in [6, 6.07) is 0. The van der Waals surface area contributed by atoms with Gasteiger partial charge in [-0.15, -0.1) is 0 Å². The van der Waals surface area contributed by atoms with Gasteiger partial charge in [0.2, 0.25) is 0 Å². The minimum Gasteiger partial charge on any atom is -0.550 e. The Kier molecular flexibility index (Phi) is 20.8. The summed E-state index contributed by atoms with van der Waals surface area (Å²) in [6.07, 6.45) is 19.7. The van der Waals surface area contributed by atoms with Crippen molar-refractivity contribution >= 4 is 17.9 Å². The van der Waals surface area contributed by atoms with Crippen molar-refractivity contribution in [3.8, 4) is 0 Å². The van der Waals surface area contributed by atoms with Crippen molar-refractivity contribution in [2.24, 2.45) is 0 Å². The number of ether oxygens (including phenoxy) is 2. The van der Waals surface area contributed by atoms with Crippen LogP contribution in [0.3, 0.4) is 0 Å². The van der Waals surface area contributed by atoms with Gasteiger partial charge in [0.1, 0.15) is 12.2 Å². The minimum atomic E-state index is -0.943. The zero-order valence-electron chi connectivity index (χ0n) is 20.1. The van der Waals surface area contributed by atoms with Crippen LogP contribution < -0.4 is 56.5 Å². The van der Waals surface area contributed by atoms with Crippen LogP contribution in [0.1, 0.15) is 103 Å². The molecule has 0 bridgehead atoms. The fraction of sp³-hybridized carbons (Fsp3) is 0.720. The van der Waals surface area contributed by atoms with E-state index in [9.17, 15) is 19.5 Å². The van der Waals surface area contributed by atoms with E-state index in [1.807, 2.05) is 0 Å². The van der Waals surface area contributed by atoms with Crippen molar-refractivity contribution in [1.29, 1.82) is 0 Å². The molecule has 1 aliphatic heterocycles. The van der Waals surface area contributed by atoms with Gasteiger partial charge in [0.05, 0.1) is 6.61 Å². The molecular weight excluding hydrogens is 435 g/mol. The Morgan fingerprint density at radius 1 is 0.906 bits per heavy atom. The largest absolute Gasteiger partial charge is 1.00 e. The van der Waals surface area contributed by atoms with Crippen molar-refractivity contribution in [1.82, 2.24) is 0 Å².